The van der Waals surface area contributed by atoms with Gasteiger partial charge in [-0.3, -0.25) is 9.59 Å². The zero-order valence-electron chi connectivity index (χ0n) is 9.72. The molecule has 1 saturated heterocycles. The monoisotopic (exact) mass is 313 g/mol. The van der Waals surface area contributed by atoms with Crippen LogP contribution in [0.4, 0.5) is 5.69 Å². The van der Waals surface area contributed by atoms with Gasteiger partial charge in [-0.2, -0.15) is 0 Å². The largest absolute Gasteiger partial charge is 0.480 e. The molecule has 5 nitrogen and oxygen atoms in total. The Balaban J connectivity index is 2.23. The number of ether oxygens (including phenoxy) is 1. The summed E-state index contributed by atoms with van der Waals surface area (Å²) in [6.45, 7) is -0.135. The minimum absolute atomic E-state index is 0.0674. The van der Waals surface area contributed by atoms with Gasteiger partial charge < -0.3 is 14.7 Å². The number of carboxylic acids is 1. The third kappa shape index (κ3) is 2.02. The van der Waals surface area contributed by atoms with Crippen LogP contribution in [0.15, 0.2) is 28.7 Å². The molecular formula is C12H12BrNO4. The van der Waals surface area contributed by atoms with Crippen LogP contribution in [0.3, 0.4) is 0 Å². The second-order valence-corrected chi connectivity index (χ2v) is 5.14. The van der Waals surface area contributed by atoms with E-state index in [1.807, 2.05) is 0 Å². The van der Waals surface area contributed by atoms with Crippen molar-refractivity contribution in [3.05, 3.63) is 28.7 Å². The van der Waals surface area contributed by atoms with Crippen molar-refractivity contribution in [3.63, 3.8) is 0 Å². The van der Waals surface area contributed by atoms with Crippen LogP contribution in [0.1, 0.15) is 0 Å². The molecule has 0 aromatic heterocycles. The number of carbonyl (C=O) groups excluding carboxylic acids is 1. The average Bonchev–Trinajstić information content (AvgIpc) is 2.27. The summed E-state index contributed by atoms with van der Waals surface area (Å²) < 4.78 is 5.79. The number of nitrogens with zero attached hydrogens (tertiary/aromatic N) is 1. The summed E-state index contributed by atoms with van der Waals surface area (Å²) in [5, 5.41) is 9.16. The van der Waals surface area contributed by atoms with Gasteiger partial charge in [0.05, 0.1) is 13.2 Å². The maximum atomic E-state index is 12.2. The Morgan fingerprint density at radius 3 is 2.28 bits per heavy atom. The minimum atomic E-state index is -1.43. The fourth-order valence-corrected chi connectivity index (χ4v) is 2.01. The lowest BCUT2D eigenvalue weighted by Gasteiger charge is -2.38. The number of anilines is 1. The lowest BCUT2D eigenvalue weighted by atomic mass is 9.84. The van der Waals surface area contributed by atoms with Gasteiger partial charge in [-0.25, -0.2) is 0 Å². The molecule has 1 aliphatic rings. The van der Waals surface area contributed by atoms with E-state index in [1.165, 1.54) is 4.90 Å². The van der Waals surface area contributed by atoms with Crippen molar-refractivity contribution in [2.45, 2.75) is 0 Å². The normalized spacial score (nSPS) is 16.8. The molecule has 1 aliphatic heterocycles. The van der Waals surface area contributed by atoms with Crippen molar-refractivity contribution in [1.29, 1.82) is 0 Å². The van der Waals surface area contributed by atoms with Crippen molar-refractivity contribution < 1.29 is 19.4 Å². The fraction of sp³-hybridized carbons (Fsp3) is 0.333. The number of aliphatic carboxylic acids is 1. The van der Waals surface area contributed by atoms with Crippen molar-refractivity contribution in [1.82, 2.24) is 0 Å². The number of benzene rings is 1. The van der Waals surface area contributed by atoms with E-state index in [2.05, 4.69) is 15.9 Å². The number of rotatable bonds is 3. The minimum Gasteiger partial charge on any atom is -0.480 e. The topological polar surface area (TPSA) is 66.8 Å². The van der Waals surface area contributed by atoms with Gasteiger partial charge in [-0.1, -0.05) is 15.9 Å². The number of halogens is 1. The molecule has 0 aliphatic carbocycles. The third-order valence-corrected chi connectivity index (χ3v) is 3.56. The predicted molar refractivity (Wildman–Crippen MR) is 68.4 cm³/mol. The first kappa shape index (κ1) is 13.0. The van der Waals surface area contributed by atoms with Crippen LogP contribution >= 0.6 is 15.9 Å². The van der Waals surface area contributed by atoms with Gasteiger partial charge >= 0.3 is 5.97 Å². The van der Waals surface area contributed by atoms with E-state index in [1.54, 1.807) is 31.3 Å². The molecular weight excluding hydrogens is 302 g/mol. The Hall–Kier alpha value is -1.40. The molecule has 1 heterocycles. The molecule has 0 saturated carbocycles. The summed E-state index contributed by atoms with van der Waals surface area (Å²) in [7, 11) is 1.56. The Morgan fingerprint density at radius 2 is 1.89 bits per heavy atom. The lowest BCUT2D eigenvalue weighted by Crippen LogP contribution is -2.59. The van der Waals surface area contributed by atoms with Crippen molar-refractivity contribution in [2.75, 3.05) is 25.2 Å². The first-order valence-corrected chi connectivity index (χ1v) is 6.11. The highest BCUT2D eigenvalue weighted by Gasteiger charge is 2.54. The number of hydrogen-bond donors (Lipinski definition) is 1. The summed E-state index contributed by atoms with van der Waals surface area (Å²) >= 11 is 3.30. The van der Waals surface area contributed by atoms with Crippen LogP contribution in [0, 0.1) is 5.41 Å². The quantitative estimate of drug-likeness (QED) is 0.859. The van der Waals surface area contributed by atoms with E-state index in [4.69, 9.17) is 9.84 Å². The van der Waals surface area contributed by atoms with Gasteiger partial charge in [0.25, 0.3) is 0 Å². The SMILES string of the molecule is CN(C(=O)C1(C(=O)O)COC1)c1ccc(Br)cc1. The van der Waals surface area contributed by atoms with E-state index >= 15 is 0 Å². The smallest absolute Gasteiger partial charge is 0.324 e. The lowest BCUT2D eigenvalue weighted by molar-refractivity contribution is -0.183. The number of hydrogen-bond acceptors (Lipinski definition) is 3. The molecule has 0 unspecified atom stereocenters. The summed E-state index contributed by atoms with van der Waals surface area (Å²) in [6, 6.07) is 7.09. The second-order valence-electron chi connectivity index (χ2n) is 4.22. The molecule has 1 amide bonds. The van der Waals surface area contributed by atoms with Gasteiger partial charge in [0.15, 0.2) is 5.41 Å². The molecule has 18 heavy (non-hydrogen) atoms. The van der Waals surface area contributed by atoms with E-state index < -0.39 is 17.3 Å². The van der Waals surface area contributed by atoms with E-state index in [0.29, 0.717) is 5.69 Å². The fourth-order valence-electron chi connectivity index (χ4n) is 1.75. The summed E-state index contributed by atoms with van der Waals surface area (Å²) in [4.78, 5) is 24.8. The van der Waals surface area contributed by atoms with Crippen LogP contribution in [-0.4, -0.2) is 37.2 Å². The Bertz CT molecular complexity index is 481. The van der Waals surface area contributed by atoms with Crippen molar-refractivity contribution in [2.24, 2.45) is 5.41 Å². The van der Waals surface area contributed by atoms with Gasteiger partial charge in [0.2, 0.25) is 5.91 Å². The zero-order chi connectivity index (χ0) is 13.3. The number of amides is 1. The predicted octanol–water partition coefficient (Wildman–Crippen LogP) is 1.51. The van der Waals surface area contributed by atoms with E-state index in [0.717, 1.165) is 4.47 Å². The maximum Gasteiger partial charge on any atom is 0.324 e. The Morgan fingerprint density at radius 1 is 1.33 bits per heavy atom. The Labute approximate surface area is 112 Å². The number of carboxylic acid groups (broad SMARTS) is 1. The molecule has 0 atom stereocenters. The van der Waals surface area contributed by atoms with Crippen molar-refractivity contribution in [3.8, 4) is 0 Å². The van der Waals surface area contributed by atoms with Crippen LogP contribution in [-0.2, 0) is 14.3 Å². The summed E-state index contributed by atoms with van der Waals surface area (Å²) in [5.74, 6) is -1.59. The second kappa shape index (κ2) is 4.70. The molecule has 1 N–H and O–H groups in total. The molecule has 0 radical (unpaired) electrons. The highest BCUT2D eigenvalue weighted by molar-refractivity contribution is 9.10. The molecule has 1 aromatic carbocycles. The molecule has 96 valence electrons. The standard InChI is InChI=1S/C12H12BrNO4/c1-14(9-4-2-8(13)3-5-9)10(15)12(11(16)17)6-18-7-12/h2-5H,6-7H2,1H3,(H,16,17). The highest BCUT2D eigenvalue weighted by atomic mass is 79.9. The van der Waals surface area contributed by atoms with Crippen molar-refractivity contribution >= 4 is 33.5 Å². The summed E-state index contributed by atoms with van der Waals surface area (Å²) in [5.41, 5.74) is -0.780. The van der Waals surface area contributed by atoms with E-state index in [-0.39, 0.29) is 13.2 Å². The zero-order valence-corrected chi connectivity index (χ0v) is 11.3. The third-order valence-electron chi connectivity index (χ3n) is 3.03. The van der Waals surface area contributed by atoms with Crippen LogP contribution in [0.5, 0.6) is 0 Å². The molecule has 0 spiro atoms. The van der Waals surface area contributed by atoms with Gasteiger partial charge in [-0.15, -0.1) is 0 Å². The van der Waals surface area contributed by atoms with Crippen LogP contribution < -0.4 is 4.90 Å². The number of carbonyl (C=O) groups is 2. The summed E-state index contributed by atoms with van der Waals surface area (Å²) in [6.07, 6.45) is 0. The molecule has 1 aromatic rings. The maximum absolute atomic E-state index is 12.2. The first-order chi connectivity index (χ1) is 8.47. The highest BCUT2D eigenvalue weighted by Crippen LogP contribution is 2.32. The van der Waals surface area contributed by atoms with Gasteiger partial charge in [-0.05, 0) is 24.3 Å². The van der Waals surface area contributed by atoms with Crippen LogP contribution in [0.2, 0.25) is 0 Å². The molecule has 6 heteroatoms. The molecule has 0 bridgehead atoms. The molecule has 1 fully saturated rings. The van der Waals surface area contributed by atoms with Gasteiger partial charge in [0.1, 0.15) is 0 Å². The first-order valence-electron chi connectivity index (χ1n) is 5.32. The van der Waals surface area contributed by atoms with Gasteiger partial charge in [0, 0.05) is 17.2 Å². The van der Waals surface area contributed by atoms with E-state index in [9.17, 15) is 9.59 Å². The van der Waals surface area contributed by atoms with Crippen LogP contribution in [0.25, 0.3) is 0 Å². The average molecular weight is 314 g/mol. The molecule has 2 rings (SSSR count). The Kier molecular flexibility index (Phi) is 3.41.